The van der Waals surface area contributed by atoms with Crippen molar-refractivity contribution < 1.29 is 14.3 Å². The van der Waals surface area contributed by atoms with Crippen LogP contribution in [0, 0.1) is 0 Å². The molecule has 4 rings (SSSR count). The van der Waals surface area contributed by atoms with E-state index in [4.69, 9.17) is 9.47 Å². The first-order chi connectivity index (χ1) is 12.3. The van der Waals surface area contributed by atoms with Gasteiger partial charge in [-0.3, -0.25) is 14.8 Å². The van der Waals surface area contributed by atoms with Crippen LogP contribution in [-0.2, 0) is 16.1 Å². The Balaban J connectivity index is 1.51. The molecule has 2 aromatic rings. The van der Waals surface area contributed by atoms with Crippen molar-refractivity contribution in [3.8, 4) is 0 Å². The highest BCUT2D eigenvalue weighted by Crippen LogP contribution is 2.33. The normalized spacial score (nSPS) is 25.6. The molecule has 2 aromatic heterocycles. The van der Waals surface area contributed by atoms with Gasteiger partial charge in [0, 0.05) is 31.3 Å². The van der Waals surface area contributed by atoms with Crippen LogP contribution >= 0.6 is 0 Å². The van der Waals surface area contributed by atoms with E-state index in [0.717, 1.165) is 18.4 Å². The predicted octanol–water partition coefficient (Wildman–Crippen LogP) is 1.46. The number of fused-ring (bicyclic) bond motifs is 2. The fraction of sp³-hybridized carbons (Fsp3) is 0.444. The van der Waals surface area contributed by atoms with Gasteiger partial charge in [-0.1, -0.05) is 6.07 Å². The van der Waals surface area contributed by atoms with Gasteiger partial charge in [0.2, 0.25) is 0 Å². The Bertz CT molecular complexity index is 713. The molecule has 1 aliphatic heterocycles. The number of amides is 1. The van der Waals surface area contributed by atoms with E-state index >= 15 is 0 Å². The van der Waals surface area contributed by atoms with Gasteiger partial charge in [-0.05, 0) is 24.5 Å². The van der Waals surface area contributed by atoms with Gasteiger partial charge in [-0.15, -0.1) is 0 Å². The number of hydrogen-bond donors (Lipinski definition) is 0. The number of carbonyl (C=O) groups excluding carboxylic acids is 1. The van der Waals surface area contributed by atoms with E-state index in [1.807, 2.05) is 17.0 Å². The van der Waals surface area contributed by atoms with Gasteiger partial charge >= 0.3 is 0 Å². The van der Waals surface area contributed by atoms with Crippen LogP contribution in [0.1, 0.15) is 28.9 Å². The third-order valence-electron chi connectivity index (χ3n) is 4.77. The summed E-state index contributed by atoms with van der Waals surface area (Å²) in [6.45, 7) is 1.52. The van der Waals surface area contributed by atoms with Gasteiger partial charge in [0.25, 0.3) is 5.91 Å². The van der Waals surface area contributed by atoms with Gasteiger partial charge < -0.3 is 14.4 Å². The van der Waals surface area contributed by atoms with Crippen LogP contribution in [0.15, 0.2) is 43.1 Å². The number of aromatic nitrogens is 3. The summed E-state index contributed by atoms with van der Waals surface area (Å²) in [5.41, 5.74) is 1.37. The Hall–Kier alpha value is -2.38. The first-order valence-electron chi connectivity index (χ1n) is 8.52. The zero-order valence-electron chi connectivity index (χ0n) is 13.8. The molecule has 25 heavy (non-hydrogen) atoms. The van der Waals surface area contributed by atoms with Gasteiger partial charge in [-0.2, -0.15) is 0 Å². The van der Waals surface area contributed by atoms with E-state index < -0.39 is 0 Å². The van der Waals surface area contributed by atoms with Crippen LogP contribution < -0.4 is 0 Å². The first-order valence-corrected chi connectivity index (χ1v) is 8.52. The van der Waals surface area contributed by atoms with Crippen molar-refractivity contribution in [3.05, 3.63) is 54.4 Å². The minimum absolute atomic E-state index is 0.00122. The van der Waals surface area contributed by atoms with Crippen molar-refractivity contribution >= 4 is 5.91 Å². The van der Waals surface area contributed by atoms with Crippen LogP contribution in [0.3, 0.4) is 0 Å². The van der Waals surface area contributed by atoms with E-state index in [1.54, 1.807) is 18.6 Å². The lowest BCUT2D eigenvalue weighted by atomic mass is 10.1. The van der Waals surface area contributed by atoms with E-state index in [1.165, 1.54) is 12.4 Å². The van der Waals surface area contributed by atoms with E-state index in [2.05, 4.69) is 15.0 Å². The largest absolute Gasteiger partial charge is 0.374 e. The molecule has 1 aliphatic carbocycles. The van der Waals surface area contributed by atoms with Crippen molar-refractivity contribution in [2.24, 2.45) is 0 Å². The maximum absolute atomic E-state index is 12.9. The Morgan fingerprint density at radius 1 is 1.24 bits per heavy atom. The van der Waals surface area contributed by atoms with Crippen LogP contribution in [0.25, 0.3) is 0 Å². The lowest BCUT2D eigenvalue weighted by Crippen LogP contribution is -2.46. The molecule has 3 heterocycles. The van der Waals surface area contributed by atoms with Gasteiger partial charge in [-0.25, -0.2) is 4.98 Å². The molecular weight excluding hydrogens is 320 g/mol. The first kappa shape index (κ1) is 16.1. The quantitative estimate of drug-likeness (QED) is 0.839. The van der Waals surface area contributed by atoms with Gasteiger partial charge in [0.05, 0.1) is 31.6 Å². The topological polar surface area (TPSA) is 77.4 Å². The fourth-order valence-electron chi connectivity index (χ4n) is 3.59. The molecule has 2 bridgehead atoms. The predicted molar refractivity (Wildman–Crippen MR) is 88.6 cm³/mol. The molecule has 1 saturated heterocycles. The Morgan fingerprint density at radius 2 is 2.16 bits per heavy atom. The Kier molecular flexibility index (Phi) is 4.67. The summed E-state index contributed by atoms with van der Waals surface area (Å²) in [6, 6.07) is 3.87. The van der Waals surface area contributed by atoms with Crippen LogP contribution in [0.2, 0.25) is 0 Å². The Labute approximate surface area is 146 Å². The lowest BCUT2D eigenvalue weighted by molar-refractivity contribution is -0.0598. The second kappa shape index (κ2) is 7.25. The molecule has 0 unspecified atom stereocenters. The summed E-state index contributed by atoms with van der Waals surface area (Å²) in [6.07, 6.45) is 9.80. The molecule has 1 amide bonds. The van der Waals surface area contributed by atoms with E-state index in [9.17, 15) is 4.79 Å². The molecule has 0 spiro atoms. The molecule has 0 aromatic carbocycles. The van der Waals surface area contributed by atoms with Gasteiger partial charge in [0.1, 0.15) is 11.8 Å². The number of rotatable bonds is 4. The zero-order valence-corrected chi connectivity index (χ0v) is 13.8. The zero-order chi connectivity index (χ0) is 17.1. The number of ether oxygens (including phenoxy) is 2. The fourth-order valence-corrected chi connectivity index (χ4v) is 3.59. The summed E-state index contributed by atoms with van der Waals surface area (Å²) in [7, 11) is 0. The van der Waals surface area contributed by atoms with Crippen molar-refractivity contribution in [1.82, 2.24) is 19.9 Å². The van der Waals surface area contributed by atoms with Gasteiger partial charge in [0.15, 0.2) is 0 Å². The monoisotopic (exact) mass is 340 g/mol. The van der Waals surface area contributed by atoms with Crippen LogP contribution in [0.4, 0.5) is 0 Å². The lowest BCUT2D eigenvalue weighted by Gasteiger charge is -2.31. The minimum atomic E-state index is -0.136. The number of pyridine rings is 1. The molecule has 0 radical (unpaired) electrons. The van der Waals surface area contributed by atoms with Crippen LogP contribution in [-0.4, -0.2) is 57.2 Å². The number of nitrogens with zero attached hydrogens (tertiary/aromatic N) is 4. The molecule has 2 fully saturated rings. The maximum atomic E-state index is 12.9. The SMILES string of the molecule is O=C(c1cnccn1)N1CCO[C@H]2CC[C@H]1[C@@H]2OCc1cccnc1. The Morgan fingerprint density at radius 3 is 2.96 bits per heavy atom. The van der Waals surface area contributed by atoms with Crippen molar-refractivity contribution in [2.45, 2.75) is 37.7 Å². The summed E-state index contributed by atoms with van der Waals surface area (Å²) in [5, 5.41) is 0. The summed E-state index contributed by atoms with van der Waals surface area (Å²) < 4.78 is 12.1. The summed E-state index contributed by atoms with van der Waals surface area (Å²) in [5.74, 6) is -0.112. The maximum Gasteiger partial charge on any atom is 0.274 e. The molecule has 3 atom stereocenters. The average Bonchev–Trinajstić information content (AvgIpc) is 2.96. The highest BCUT2D eigenvalue weighted by Gasteiger charge is 2.45. The average molecular weight is 340 g/mol. The summed E-state index contributed by atoms with van der Waals surface area (Å²) >= 11 is 0. The molecule has 7 heteroatoms. The second-order valence-electron chi connectivity index (χ2n) is 6.28. The molecule has 1 saturated carbocycles. The van der Waals surface area contributed by atoms with Crippen molar-refractivity contribution in [1.29, 1.82) is 0 Å². The van der Waals surface area contributed by atoms with E-state index in [0.29, 0.717) is 25.5 Å². The van der Waals surface area contributed by atoms with Crippen molar-refractivity contribution in [3.63, 3.8) is 0 Å². The van der Waals surface area contributed by atoms with Crippen molar-refractivity contribution in [2.75, 3.05) is 13.2 Å². The third-order valence-corrected chi connectivity index (χ3v) is 4.77. The molecule has 2 aliphatic rings. The highest BCUT2D eigenvalue weighted by molar-refractivity contribution is 5.92. The minimum Gasteiger partial charge on any atom is -0.374 e. The molecule has 130 valence electrons. The summed E-state index contributed by atoms with van der Waals surface area (Å²) in [4.78, 5) is 27.0. The van der Waals surface area contributed by atoms with E-state index in [-0.39, 0.29) is 24.2 Å². The third kappa shape index (κ3) is 3.38. The molecule has 7 nitrogen and oxygen atoms in total. The number of hydrogen-bond acceptors (Lipinski definition) is 6. The van der Waals surface area contributed by atoms with Crippen LogP contribution in [0.5, 0.6) is 0 Å². The standard InChI is InChI=1S/C18H20N4O3/c23-18(14-11-20-6-7-21-14)22-8-9-24-16-4-3-15(22)17(16)25-12-13-2-1-5-19-10-13/h1-2,5-7,10-11,15-17H,3-4,8-9,12H2/t15-,16-,17-/m0/s1. The second-order valence-corrected chi connectivity index (χ2v) is 6.28. The molecular formula is C18H20N4O3. The smallest absolute Gasteiger partial charge is 0.274 e. The molecule has 0 N–H and O–H groups in total. The number of carbonyl (C=O) groups is 1. The highest BCUT2D eigenvalue weighted by atomic mass is 16.5.